The lowest BCUT2D eigenvalue weighted by Crippen LogP contribution is -2.19. The van der Waals surface area contributed by atoms with Crippen molar-refractivity contribution in [2.75, 3.05) is 13.2 Å². The van der Waals surface area contributed by atoms with Crippen molar-refractivity contribution in [1.29, 1.82) is 0 Å². The second kappa shape index (κ2) is 5.70. The molecule has 1 aromatic heterocycles. The summed E-state index contributed by atoms with van der Waals surface area (Å²) in [4.78, 5) is 0. The van der Waals surface area contributed by atoms with E-state index in [-0.39, 0.29) is 13.0 Å². The van der Waals surface area contributed by atoms with Crippen LogP contribution in [0.5, 0.6) is 0 Å². The summed E-state index contributed by atoms with van der Waals surface area (Å²) in [5.41, 5.74) is 5.71. The highest BCUT2D eigenvalue weighted by Crippen LogP contribution is 2.25. The predicted octanol–water partition coefficient (Wildman–Crippen LogP) is 3.01. The van der Waals surface area contributed by atoms with Gasteiger partial charge in [0.2, 0.25) is 0 Å². The molecule has 92 valence electrons. The van der Waals surface area contributed by atoms with Gasteiger partial charge in [-0.15, -0.1) is 0 Å². The van der Waals surface area contributed by atoms with Crippen LogP contribution >= 0.6 is 15.9 Å². The molecule has 0 aliphatic carbocycles. The summed E-state index contributed by atoms with van der Waals surface area (Å²) in [5.74, 6) is 0.510. The zero-order chi connectivity index (χ0) is 12.2. The smallest absolute Gasteiger partial charge is 0.411 e. The first kappa shape index (κ1) is 13.5. The molecule has 2 N–H and O–H groups in total. The molecule has 0 bridgehead atoms. The fourth-order valence-corrected chi connectivity index (χ4v) is 1.59. The maximum Gasteiger partial charge on any atom is 0.411 e. The number of nitrogens with two attached hydrogens (primary N) is 1. The molecule has 1 atom stereocenters. The number of ether oxygens (including phenoxy) is 1. The summed E-state index contributed by atoms with van der Waals surface area (Å²) >= 11 is 3.21. The van der Waals surface area contributed by atoms with Crippen molar-refractivity contribution < 1.29 is 22.3 Å². The van der Waals surface area contributed by atoms with Gasteiger partial charge in [0.05, 0.1) is 16.8 Å². The lowest BCUT2D eigenvalue weighted by molar-refractivity contribution is -0.174. The van der Waals surface area contributed by atoms with Crippen molar-refractivity contribution in [3.05, 3.63) is 22.6 Å². The first-order valence-electron chi connectivity index (χ1n) is 4.53. The molecule has 16 heavy (non-hydrogen) atoms. The Hall–Kier alpha value is -0.530. The van der Waals surface area contributed by atoms with Crippen LogP contribution in [0.25, 0.3) is 0 Å². The molecular weight excluding hydrogens is 291 g/mol. The topological polar surface area (TPSA) is 48.4 Å². The monoisotopic (exact) mass is 301 g/mol. The largest absolute Gasteiger partial charge is 0.466 e. The molecule has 3 nitrogen and oxygen atoms in total. The summed E-state index contributed by atoms with van der Waals surface area (Å²) in [6.07, 6.45) is -2.58. The lowest BCUT2D eigenvalue weighted by atomic mass is 10.2. The molecule has 0 spiro atoms. The molecular formula is C9H11BrF3NO2. The molecule has 0 aliphatic heterocycles. The highest BCUT2D eigenvalue weighted by Gasteiger charge is 2.27. The SMILES string of the molecule is NC(CCOCC(F)(F)F)c1occc1Br. The van der Waals surface area contributed by atoms with Crippen molar-refractivity contribution in [3.63, 3.8) is 0 Å². The normalized spacial score (nSPS) is 14.1. The highest BCUT2D eigenvalue weighted by atomic mass is 79.9. The summed E-state index contributed by atoms with van der Waals surface area (Å²) in [6.45, 7) is -1.31. The minimum atomic E-state index is -4.30. The van der Waals surface area contributed by atoms with Crippen LogP contribution in [0.3, 0.4) is 0 Å². The lowest BCUT2D eigenvalue weighted by Gasteiger charge is -2.11. The first-order chi connectivity index (χ1) is 7.40. The first-order valence-corrected chi connectivity index (χ1v) is 5.32. The fraction of sp³-hybridized carbons (Fsp3) is 0.556. The van der Waals surface area contributed by atoms with Crippen molar-refractivity contribution in [1.82, 2.24) is 0 Å². The van der Waals surface area contributed by atoms with Gasteiger partial charge < -0.3 is 14.9 Å². The second-order valence-electron chi connectivity index (χ2n) is 3.20. The van der Waals surface area contributed by atoms with Crippen molar-refractivity contribution >= 4 is 15.9 Å². The third-order valence-electron chi connectivity index (χ3n) is 1.82. The minimum absolute atomic E-state index is 0.0617. The van der Waals surface area contributed by atoms with E-state index in [4.69, 9.17) is 10.2 Å². The number of rotatable bonds is 5. The zero-order valence-electron chi connectivity index (χ0n) is 8.26. The minimum Gasteiger partial charge on any atom is -0.466 e. The van der Waals surface area contributed by atoms with Crippen LogP contribution in [-0.4, -0.2) is 19.4 Å². The Morgan fingerprint density at radius 3 is 2.69 bits per heavy atom. The Morgan fingerprint density at radius 1 is 1.50 bits per heavy atom. The Labute approximate surface area is 98.9 Å². The molecule has 0 fully saturated rings. The third kappa shape index (κ3) is 4.54. The number of furan rings is 1. The highest BCUT2D eigenvalue weighted by molar-refractivity contribution is 9.10. The van der Waals surface area contributed by atoms with Gasteiger partial charge in [0, 0.05) is 6.61 Å². The van der Waals surface area contributed by atoms with Gasteiger partial charge >= 0.3 is 6.18 Å². The Kier molecular flexibility index (Phi) is 4.82. The molecule has 0 saturated heterocycles. The number of alkyl halides is 3. The van der Waals surface area contributed by atoms with E-state index < -0.39 is 18.8 Å². The molecule has 0 amide bonds. The molecule has 0 aromatic carbocycles. The fourth-order valence-electron chi connectivity index (χ4n) is 1.10. The van der Waals surface area contributed by atoms with Gasteiger partial charge in [0.1, 0.15) is 12.4 Å². The van der Waals surface area contributed by atoms with Crippen LogP contribution in [0.15, 0.2) is 21.2 Å². The van der Waals surface area contributed by atoms with Crippen molar-refractivity contribution in [2.24, 2.45) is 5.73 Å². The number of hydrogen-bond acceptors (Lipinski definition) is 3. The maximum absolute atomic E-state index is 11.7. The van der Waals surface area contributed by atoms with Crippen LogP contribution in [0.4, 0.5) is 13.2 Å². The van der Waals surface area contributed by atoms with Gasteiger partial charge in [-0.25, -0.2) is 0 Å². The number of halogens is 4. The Balaban J connectivity index is 2.26. The zero-order valence-corrected chi connectivity index (χ0v) is 9.85. The summed E-state index contributed by atoms with van der Waals surface area (Å²) < 4.78 is 45.4. The van der Waals surface area contributed by atoms with E-state index in [1.54, 1.807) is 6.07 Å². The van der Waals surface area contributed by atoms with Gasteiger partial charge in [-0.1, -0.05) is 0 Å². The van der Waals surface area contributed by atoms with E-state index in [1.165, 1.54) is 6.26 Å². The van der Waals surface area contributed by atoms with Gasteiger partial charge in [-0.2, -0.15) is 13.2 Å². The van der Waals surface area contributed by atoms with E-state index >= 15 is 0 Å². The summed E-state index contributed by atoms with van der Waals surface area (Å²) in [6, 6.07) is 1.20. The number of hydrogen-bond donors (Lipinski definition) is 1. The second-order valence-corrected chi connectivity index (χ2v) is 4.05. The van der Waals surface area contributed by atoms with Crippen LogP contribution in [0.1, 0.15) is 18.2 Å². The summed E-state index contributed by atoms with van der Waals surface area (Å²) in [7, 11) is 0. The Bertz CT molecular complexity index is 327. The van der Waals surface area contributed by atoms with E-state index in [2.05, 4.69) is 20.7 Å². The average Bonchev–Trinajstić information content (AvgIpc) is 2.57. The molecule has 0 aliphatic rings. The molecule has 0 radical (unpaired) electrons. The van der Waals surface area contributed by atoms with E-state index in [9.17, 15) is 13.2 Å². The standard InChI is InChI=1S/C9H11BrF3NO2/c10-6-1-4-16-8(6)7(14)2-3-15-5-9(11,12)13/h1,4,7H,2-3,5,14H2. The molecule has 1 unspecified atom stereocenters. The molecule has 1 rings (SSSR count). The van der Waals surface area contributed by atoms with Crippen LogP contribution in [-0.2, 0) is 4.74 Å². The molecule has 0 saturated carbocycles. The summed E-state index contributed by atoms with van der Waals surface area (Å²) in [5, 5.41) is 0. The van der Waals surface area contributed by atoms with E-state index in [0.29, 0.717) is 10.2 Å². The quantitative estimate of drug-likeness (QED) is 0.851. The van der Waals surface area contributed by atoms with Crippen LogP contribution in [0, 0.1) is 0 Å². The van der Waals surface area contributed by atoms with Crippen molar-refractivity contribution in [3.8, 4) is 0 Å². The van der Waals surface area contributed by atoms with Gasteiger partial charge in [-0.05, 0) is 28.4 Å². The molecule has 7 heteroatoms. The Morgan fingerprint density at radius 2 is 2.19 bits per heavy atom. The predicted molar refractivity (Wildman–Crippen MR) is 54.8 cm³/mol. The average molecular weight is 302 g/mol. The van der Waals surface area contributed by atoms with Gasteiger partial charge in [-0.3, -0.25) is 0 Å². The van der Waals surface area contributed by atoms with Crippen molar-refractivity contribution in [2.45, 2.75) is 18.6 Å². The van der Waals surface area contributed by atoms with Crippen LogP contribution < -0.4 is 5.73 Å². The van der Waals surface area contributed by atoms with Gasteiger partial charge in [0.15, 0.2) is 0 Å². The van der Waals surface area contributed by atoms with E-state index in [1.807, 2.05) is 0 Å². The molecule has 1 aromatic rings. The third-order valence-corrected chi connectivity index (χ3v) is 2.48. The van der Waals surface area contributed by atoms with E-state index in [0.717, 1.165) is 0 Å². The van der Waals surface area contributed by atoms with Gasteiger partial charge in [0.25, 0.3) is 0 Å². The molecule has 1 heterocycles. The maximum atomic E-state index is 11.7. The van der Waals surface area contributed by atoms with Crippen LogP contribution in [0.2, 0.25) is 0 Å².